The van der Waals surface area contributed by atoms with Crippen molar-refractivity contribution in [3.8, 4) is 0 Å². The minimum atomic E-state index is -0.773. The summed E-state index contributed by atoms with van der Waals surface area (Å²) in [5, 5.41) is 20.1. The number of rotatable bonds is 7. The lowest BCUT2D eigenvalue weighted by atomic mass is 9.62. The average Bonchev–Trinajstić information content (AvgIpc) is 2.96. The molecular formula is C27H44O2. The van der Waals surface area contributed by atoms with Crippen LogP contribution in [0.1, 0.15) is 104 Å². The van der Waals surface area contributed by atoms with Gasteiger partial charge in [0.15, 0.2) is 0 Å². The molecule has 2 N–H and O–H groups in total. The van der Waals surface area contributed by atoms with Gasteiger partial charge in [-0.1, -0.05) is 43.2 Å². The minimum absolute atomic E-state index is 0.378. The lowest BCUT2D eigenvalue weighted by Gasteiger charge is -2.42. The summed E-state index contributed by atoms with van der Waals surface area (Å²) in [4.78, 5) is 0. The molecule has 0 aromatic heterocycles. The van der Waals surface area contributed by atoms with Crippen LogP contribution in [0, 0.1) is 17.3 Å². The lowest BCUT2D eigenvalue weighted by molar-refractivity contribution is 0.0138. The number of hydrogen-bond donors (Lipinski definition) is 2. The van der Waals surface area contributed by atoms with Crippen LogP contribution in [0.5, 0.6) is 0 Å². The maximum absolute atomic E-state index is 10.2. The van der Waals surface area contributed by atoms with Gasteiger partial charge in [0.1, 0.15) is 0 Å². The first-order chi connectivity index (χ1) is 13.7. The molecule has 4 atom stereocenters. The highest BCUT2D eigenvalue weighted by atomic mass is 16.3. The number of fused-ring (bicyclic) bond motifs is 1. The summed E-state index contributed by atoms with van der Waals surface area (Å²) in [6, 6.07) is 0. The summed E-state index contributed by atoms with van der Waals surface area (Å²) >= 11 is 0. The molecule has 0 aromatic rings. The van der Waals surface area contributed by atoms with Gasteiger partial charge in [-0.2, -0.15) is 0 Å². The van der Waals surface area contributed by atoms with E-state index < -0.39 is 5.60 Å². The van der Waals surface area contributed by atoms with Gasteiger partial charge in [0.05, 0.1) is 11.7 Å². The summed E-state index contributed by atoms with van der Waals surface area (Å²) in [7, 11) is 0. The molecule has 3 aliphatic rings. The Morgan fingerprint density at radius 3 is 2.62 bits per heavy atom. The van der Waals surface area contributed by atoms with Crippen LogP contribution in [0.2, 0.25) is 0 Å². The third-order valence-electron chi connectivity index (χ3n) is 8.11. The van der Waals surface area contributed by atoms with E-state index in [4.69, 9.17) is 0 Å². The van der Waals surface area contributed by atoms with Gasteiger partial charge in [-0.3, -0.25) is 0 Å². The highest BCUT2D eigenvalue weighted by Gasteiger charge is 2.48. The Bertz CT molecular complexity index is 635. The zero-order valence-corrected chi connectivity index (χ0v) is 19.2. The summed E-state index contributed by atoms with van der Waals surface area (Å²) in [5.74, 6) is 1.53. The van der Waals surface area contributed by atoms with E-state index in [-0.39, 0.29) is 6.10 Å². The number of aliphatic hydroxyl groups is 2. The first-order valence-corrected chi connectivity index (χ1v) is 12.2. The van der Waals surface area contributed by atoms with E-state index in [1.807, 2.05) is 0 Å². The van der Waals surface area contributed by atoms with E-state index in [0.29, 0.717) is 11.8 Å². The summed E-state index contributed by atoms with van der Waals surface area (Å²) < 4.78 is 0. The molecule has 3 fully saturated rings. The van der Waals surface area contributed by atoms with Gasteiger partial charge < -0.3 is 10.2 Å². The molecule has 29 heavy (non-hydrogen) atoms. The van der Waals surface area contributed by atoms with Crippen molar-refractivity contribution in [3.63, 3.8) is 0 Å². The third kappa shape index (κ3) is 5.85. The normalized spacial score (nSPS) is 34.6. The van der Waals surface area contributed by atoms with Gasteiger partial charge >= 0.3 is 0 Å². The van der Waals surface area contributed by atoms with E-state index >= 15 is 0 Å². The van der Waals surface area contributed by atoms with Crippen molar-refractivity contribution in [1.29, 1.82) is 0 Å². The molecule has 0 aliphatic heterocycles. The number of hydrogen-bond acceptors (Lipinski definition) is 2. The molecule has 0 aromatic carbocycles. The molecule has 0 amide bonds. The average molecular weight is 401 g/mol. The summed E-state index contributed by atoms with van der Waals surface area (Å²) in [6.07, 6.45) is 19.7. The van der Waals surface area contributed by atoms with Gasteiger partial charge in [0.25, 0.3) is 0 Å². The second-order valence-electron chi connectivity index (χ2n) is 11.0. The topological polar surface area (TPSA) is 40.5 Å². The van der Waals surface area contributed by atoms with Gasteiger partial charge in [0, 0.05) is 6.42 Å². The second-order valence-corrected chi connectivity index (χ2v) is 11.0. The molecule has 0 saturated heterocycles. The Morgan fingerprint density at radius 2 is 1.90 bits per heavy atom. The van der Waals surface area contributed by atoms with Gasteiger partial charge in [-0.25, -0.2) is 0 Å². The molecule has 0 spiro atoms. The van der Waals surface area contributed by atoms with Crippen LogP contribution in [0.25, 0.3) is 0 Å². The van der Waals surface area contributed by atoms with Gasteiger partial charge in [-0.05, 0) is 107 Å². The number of allylic oxidation sites excluding steroid dienone is 5. The Kier molecular flexibility index (Phi) is 7.49. The first kappa shape index (κ1) is 22.8. The molecule has 0 radical (unpaired) electrons. The molecule has 3 aliphatic carbocycles. The quantitative estimate of drug-likeness (QED) is 0.489. The van der Waals surface area contributed by atoms with Crippen molar-refractivity contribution < 1.29 is 10.2 Å². The molecule has 3 rings (SSSR count). The molecule has 3 saturated carbocycles. The van der Waals surface area contributed by atoms with Gasteiger partial charge in [0.2, 0.25) is 0 Å². The smallest absolute Gasteiger partial charge is 0.0616 e. The summed E-state index contributed by atoms with van der Waals surface area (Å²) in [5.41, 5.74) is 4.21. The van der Waals surface area contributed by atoms with Crippen LogP contribution in [-0.2, 0) is 0 Å². The van der Waals surface area contributed by atoms with Crippen molar-refractivity contribution in [2.24, 2.45) is 17.3 Å². The summed E-state index contributed by atoms with van der Waals surface area (Å²) in [6.45, 7) is 10.4. The SMILES string of the molecule is C=C1CCCC/C1=C/C=C1\CCCC2(C)C(CCCC(O)CC(C)(C)O)CCC12. The predicted octanol–water partition coefficient (Wildman–Crippen LogP) is 6.88. The molecule has 4 unspecified atom stereocenters. The highest BCUT2D eigenvalue weighted by Crippen LogP contribution is 2.58. The fourth-order valence-electron chi connectivity index (χ4n) is 6.50. The van der Waals surface area contributed by atoms with Crippen LogP contribution >= 0.6 is 0 Å². The minimum Gasteiger partial charge on any atom is -0.393 e. The first-order valence-electron chi connectivity index (χ1n) is 12.2. The lowest BCUT2D eigenvalue weighted by Crippen LogP contribution is -2.33. The third-order valence-corrected chi connectivity index (χ3v) is 8.11. The van der Waals surface area contributed by atoms with E-state index in [1.54, 1.807) is 19.4 Å². The van der Waals surface area contributed by atoms with Crippen LogP contribution in [-0.4, -0.2) is 21.9 Å². The van der Waals surface area contributed by atoms with Crippen molar-refractivity contribution in [1.82, 2.24) is 0 Å². The van der Waals surface area contributed by atoms with Crippen molar-refractivity contribution in [3.05, 3.63) is 35.5 Å². The molecule has 0 bridgehead atoms. The standard InChI is InChI=1S/C27H44O2/c1-20-9-5-6-10-21(20)14-15-22-11-8-18-27(4)23(16-17-25(22)27)12-7-13-24(28)19-26(2,3)29/h14-15,23-25,28-29H,1,5-13,16-19H2,2-4H3/b21-14-,22-15+. The zero-order valence-electron chi connectivity index (χ0n) is 19.2. The zero-order chi connectivity index (χ0) is 21.1. The van der Waals surface area contributed by atoms with Crippen LogP contribution in [0.15, 0.2) is 35.5 Å². The fraction of sp³-hybridized carbons (Fsp3) is 0.778. The number of aliphatic hydroxyl groups excluding tert-OH is 1. The Labute approximate surface area is 179 Å². The predicted molar refractivity (Wildman–Crippen MR) is 123 cm³/mol. The van der Waals surface area contributed by atoms with E-state index in [9.17, 15) is 10.2 Å². The van der Waals surface area contributed by atoms with E-state index in [0.717, 1.165) is 24.7 Å². The van der Waals surface area contributed by atoms with Crippen LogP contribution < -0.4 is 0 Å². The van der Waals surface area contributed by atoms with Crippen molar-refractivity contribution >= 4 is 0 Å². The van der Waals surface area contributed by atoms with E-state index in [2.05, 4.69) is 25.7 Å². The van der Waals surface area contributed by atoms with Crippen LogP contribution in [0.3, 0.4) is 0 Å². The Hall–Kier alpha value is -0.860. The molecule has 0 heterocycles. The molecular weight excluding hydrogens is 356 g/mol. The van der Waals surface area contributed by atoms with Crippen molar-refractivity contribution in [2.75, 3.05) is 0 Å². The largest absolute Gasteiger partial charge is 0.393 e. The monoisotopic (exact) mass is 400 g/mol. The van der Waals surface area contributed by atoms with Crippen molar-refractivity contribution in [2.45, 2.75) is 116 Å². The fourth-order valence-corrected chi connectivity index (χ4v) is 6.50. The Balaban J connectivity index is 1.59. The van der Waals surface area contributed by atoms with Crippen LogP contribution in [0.4, 0.5) is 0 Å². The molecule has 164 valence electrons. The molecule has 2 nitrogen and oxygen atoms in total. The van der Waals surface area contributed by atoms with E-state index in [1.165, 1.54) is 75.4 Å². The highest BCUT2D eigenvalue weighted by molar-refractivity contribution is 5.35. The molecule has 2 heteroatoms. The van der Waals surface area contributed by atoms with Gasteiger partial charge in [-0.15, -0.1) is 0 Å². The maximum Gasteiger partial charge on any atom is 0.0616 e. The maximum atomic E-state index is 10.2. The Morgan fingerprint density at radius 1 is 1.14 bits per heavy atom. The second kappa shape index (κ2) is 9.52.